The third-order valence-electron chi connectivity index (χ3n) is 4.52. The van der Waals surface area contributed by atoms with Crippen molar-refractivity contribution in [2.75, 3.05) is 12.0 Å². The molecule has 0 aliphatic carbocycles. The molecule has 0 radical (unpaired) electrons. The zero-order chi connectivity index (χ0) is 22.1. The van der Waals surface area contributed by atoms with Crippen LogP contribution < -0.4 is 5.32 Å². The van der Waals surface area contributed by atoms with Crippen LogP contribution in [-0.2, 0) is 9.73 Å². The first-order valence-electron chi connectivity index (χ1n) is 8.83. The molecule has 30 heavy (non-hydrogen) atoms. The molecule has 1 aromatic heterocycles. The van der Waals surface area contributed by atoms with E-state index < -0.39 is 33.3 Å². The van der Waals surface area contributed by atoms with Crippen LogP contribution in [0.1, 0.15) is 27.5 Å². The Morgan fingerprint density at radius 1 is 1.30 bits per heavy atom. The quantitative estimate of drug-likeness (QED) is 0.514. The fourth-order valence-electron chi connectivity index (χ4n) is 3.11. The van der Waals surface area contributed by atoms with E-state index in [1.165, 1.54) is 19.4 Å². The van der Waals surface area contributed by atoms with Crippen molar-refractivity contribution in [3.63, 3.8) is 0 Å². The lowest BCUT2D eigenvalue weighted by atomic mass is 10.0. The summed E-state index contributed by atoms with van der Waals surface area (Å²) in [5.41, 5.74) is 0.507. The van der Waals surface area contributed by atoms with Gasteiger partial charge in [-0.25, -0.2) is 8.78 Å². The maximum Gasteiger partial charge on any atom is 0.255 e. The molecule has 158 valence electrons. The van der Waals surface area contributed by atoms with Gasteiger partial charge in [0.25, 0.3) is 5.91 Å². The zero-order valence-electron chi connectivity index (χ0n) is 16.1. The van der Waals surface area contributed by atoms with Gasteiger partial charge in [-0.3, -0.25) is 18.9 Å². The summed E-state index contributed by atoms with van der Waals surface area (Å²) >= 11 is 6.03. The highest BCUT2D eigenvalue weighted by molar-refractivity contribution is 7.91. The van der Waals surface area contributed by atoms with Gasteiger partial charge in [-0.15, -0.1) is 0 Å². The Morgan fingerprint density at radius 3 is 2.67 bits per heavy atom. The molecule has 3 aromatic rings. The van der Waals surface area contributed by atoms with E-state index >= 15 is 0 Å². The summed E-state index contributed by atoms with van der Waals surface area (Å²) in [5, 5.41) is 9.49. The van der Waals surface area contributed by atoms with Crippen LogP contribution in [0.5, 0.6) is 0 Å². The van der Waals surface area contributed by atoms with Crippen LogP contribution >= 0.6 is 11.6 Å². The van der Waals surface area contributed by atoms with Gasteiger partial charge >= 0.3 is 0 Å². The molecule has 0 aliphatic heterocycles. The lowest BCUT2D eigenvalue weighted by molar-refractivity contribution is 0.0941. The van der Waals surface area contributed by atoms with E-state index in [-0.39, 0.29) is 28.1 Å². The van der Waals surface area contributed by atoms with Gasteiger partial charge in [0.1, 0.15) is 11.6 Å². The molecule has 0 unspecified atom stereocenters. The maximum atomic E-state index is 14.4. The van der Waals surface area contributed by atoms with Crippen molar-refractivity contribution in [2.24, 2.45) is 0 Å². The van der Waals surface area contributed by atoms with Gasteiger partial charge in [0.15, 0.2) is 0 Å². The lowest BCUT2D eigenvalue weighted by Gasteiger charge is -2.20. The van der Waals surface area contributed by atoms with Gasteiger partial charge in [0, 0.05) is 26.6 Å². The fraction of sp³-hybridized carbons (Fsp3) is 0.200. The fourth-order valence-corrected chi connectivity index (χ4v) is 4.22. The molecule has 2 atom stereocenters. The Labute approximate surface area is 177 Å². The molecule has 3 N–H and O–H groups in total. The first-order chi connectivity index (χ1) is 14.1. The highest BCUT2D eigenvalue weighted by Gasteiger charge is 2.25. The molecular formula is C20H19ClF2N4O2S. The van der Waals surface area contributed by atoms with Gasteiger partial charge in [-0.05, 0) is 42.3 Å². The summed E-state index contributed by atoms with van der Waals surface area (Å²) < 4.78 is 48.3. The number of carbonyl (C=O) groups is 1. The number of rotatable bonds is 6. The largest absolute Gasteiger partial charge is 0.344 e. The average Bonchev–Trinajstić information content (AvgIpc) is 3.13. The van der Waals surface area contributed by atoms with E-state index in [0.717, 1.165) is 12.1 Å². The Bertz CT molecular complexity index is 1210. The molecule has 1 heterocycles. The highest BCUT2D eigenvalue weighted by atomic mass is 35.5. The van der Waals surface area contributed by atoms with Crippen LogP contribution in [0.3, 0.4) is 0 Å². The Kier molecular flexibility index (Phi) is 6.23. The van der Waals surface area contributed by atoms with Gasteiger partial charge in [-0.2, -0.15) is 5.10 Å². The van der Waals surface area contributed by atoms with Crippen LogP contribution in [0.15, 0.2) is 42.6 Å². The number of nitrogens with one attached hydrogen (secondary N) is 3. The molecule has 1 amide bonds. The molecular weight excluding hydrogens is 434 g/mol. The van der Waals surface area contributed by atoms with Crippen LogP contribution in [0.4, 0.5) is 8.78 Å². The van der Waals surface area contributed by atoms with Crippen LogP contribution in [0.25, 0.3) is 11.3 Å². The standard InChI is InChI=1S/C20H19ClF2N4O2S/c1-11-15(22)6-7-16(23)18(11)19-14(9-25-27-19)20(28)26-17(10-30(2,24)29)12-4-3-5-13(21)8-12/h3-9,17,24H,10H2,1-2H3,(H,25,27)(H,26,28)/t17-,30-/m0/s1. The van der Waals surface area contributed by atoms with Gasteiger partial charge in [0.05, 0.1) is 29.2 Å². The average molecular weight is 453 g/mol. The molecule has 3 rings (SSSR count). The molecule has 0 saturated carbocycles. The first kappa shape index (κ1) is 21.9. The number of hydrogen-bond donors (Lipinski definition) is 3. The minimum absolute atomic E-state index is 0.0118. The van der Waals surface area contributed by atoms with E-state index in [1.807, 2.05) is 0 Å². The van der Waals surface area contributed by atoms with Gasteiger partial charge < -0.3 is 5.32 Å². The summed E-state index contributed by atoms with van der Waals surface area (Å²) in [4.78, 5) is 13.0. The van der Waals surface area contributed by atoms with E-state index in [9.17, 15) is 17.8 Å². The molecule has 6 nitrogen and oxygen atoms in total. The second-order valence-electron chi connectivity index (χ2n) is 6.94. The smallest absolute Gasteiger partial charge is 0.255 e. The molecule has 0 fully saturated rings. The number of halogens is 3. The number of amides is 1. The Morgan fingerprint density at radius 2 is 2.00 bits per heavy atom. The van der Waals surface area contributed by atoms with E-state index in [4.69, 9.17) is 16.4 Å². The number of aromatic amines is 1. The van der Waals surface area contributed by atoms with Crippen LogP contribution in [0.2, 0.25) is 5.02 Å². The van der Waals surface area contributed by atoms with Crippen LogP contribution in [0, 0.1) is 23.3 Å². The predicted octanol–water partition coefficient (Wildman–Crippen LogP) is 4.46. The van der Waals surface area contributed by atoms with Crippen molar-refractivity contribution in [2.45, 2.75) is 13.0 Å². The van der Waals surface area contributed by atoms with E-state index in [1.54, 1.807) is 24.3 Å². The second kappa shape index (κ2) is 8.53. The monoisotopic (exact) mass is 452 g/mol. The third-order valence-corrected chi connectivity index (χ3v) is 5.73. The number of benzene rings is 2. The van der Waals surface area contributed by atoms with Crippen molar-refractivity contribution >= 4 is 27.2 Å². The molecule has 2 aromatic carbocycles. The van der Waals surface area contributed by atoms with E-state index in [0.29, 0.717) is 10.6 Å². The first-order valence-corrected chi connectivity index (χ1v) is 11.3. The molecule has 0 saturated heterocycles. The van der Waals surface area contributed by atoms with Crippen molar-refractivity contribution in [1.29, 1.82) is 4.78 Å². The Balaban J connectivity index is 1.99. The van der Waals surface area contributed by atoms with Crippen molar-refractivity contribution in [1.82, 2.24) is 15.5 Å². The van der Waals surface area contributed by atoms with Gasteiger partial charge in [0.2, 0.25) is 0 Å². The predicted molar refractivity (Wildman–Crippen MR) is 112 cm³/mol. The topological polar surface area (TPSA) is 98.7 Å². The number of H-pyrrole nitrogens is 1. The molecule has 10 heteroatoms. The number of carbonyl (C=O) groups excluding carboxylic acids is 1. The maximum absolute atomic E-state index is 14.4. The summed E-state index contributed by atoms with van der Waals surface area (Å²) in [6.07, 6.45) is 2.47. The summed E-state index contributed by atoms with van der Waals surface area (Å²) in [6.45, 7) is 1.40. The summed E-state index contributed by atoms with van der Waals surface area (Å²) in [6, 6.07) is 7.81. The number of nitrogens with zero attached hydrogens (tertiary/aromatic N) is 1. The third kappa shape index (κ3) is 4.85. The summed E-state index contributed by atoms with van der Waals surface area (Å²) in [5.74, 6) is -2.12. The van der Waals surface area contributed by atoms with Crippen molar-refractivity contribution < 1.29 is 17.8 Å². The lowest BCUT2D eigenvalue weighted by Crippen LogP contribution is -2.33. The van der Waals surface area contributed by atoms with E-state index in [2.05, 4.69) is 15.5 Å². The normalized spacial score (nSPS) is 14.2. The molecule has 0 spiro atoms. The summed E-state index contributed by atoms with van der Waals surface area (Å²) in [7, 11) is -2.97. The minimum Gasteiger partial charge on any atom is -0.344 e. The highest BCUT2D eigenvalue weighted by Crippen LogP contribution is 2.30. The Hall–Kier alpha value is -2.78. The van der Waals surface area contributed by atoms with Crippen molar-refractivity contribution in [3.8, 4) is 11.3 Å². The molecule has 0 bridgehead atoms. The number of aromatic nitrogens is 2. The minimum atomic E-state index is -2.97. The number of hydrogen-bond acceptors (Lipinski definition) is 4. The SMILES string of the molecule is Cc1c(F)ccc(F)c1-c1[nH]ncc1C(=O)N[C@@H](C[S@@](C)(=N)=O)c1cccc(Cl)c1. The van der Waals surface area contributed by atoms with Gasteiger partial charge in [-0.1, -0.05) is 23.7 Å². The molecule has 0 aliphatic rings. The zero-order valence-corrected chi connectivity index (χ0v) is 17.7. The van der Waals surface area contributed by atoms with Crippen LogP contribution in [-0.4, -0.2) is 32.3 Å². The second-order valence-corrected chi connectivity index (χ2v) is 9.72. The van der Waals surface area contributed by atoms with Crippen molar-refractivity contribution in [3.05, 3.63) is 75.9 Å².